The second-order valence-electron chi connectivity index (χ2n) is 4.10. The summed E-state index contributed by atoms with van der Waals surface area (Å²) in [6.45, 7) is 3.89. The molecule has 0 atom stereocenters. The van der Waals surface area contributed by atoms with Gasteiger partial charge in [0.15, 0.2) is 0 Å². The zero-order chi connectivity index (χ0) is 17.0. The molecule has 22 heavy (non-hydrogen) atoms. The number of benzene rings is 1. The van der Waals surface area contributed by atoms with Gasteiger partial charge in [0.05, 0.1) is 20.3 Å². The Kier molecular flexibility index (Phi) is 4.84. The first-order chi connectivity index (χ1) is 10.1. The van der Waals surface area contributed by atoms with Crippen molar-refractivity contribution in [2.24, 2.45) is 0 Å². The lowest BCUT2D eigenvalue weighted by atomic mass is 10.1. The highest BCUT2D eigenvalue weighted by Gasteiger charge is 2.33. The lowest BCUT2D eigenvalue weighted by Gasteiger charge is -2.05. The van der Waals surface area contributed by atoms with Crippen molar-refractivity contribution < 1.29 is 24.3 Å². The molecular weight excluding hydrogens is 302 g/mol. The van der Waals surface area contributed by atoms with E-state index in [1.165, 1.54) is 6.92 Å². The van der Waals surface area contributed by atoms with Gasteiger partial charge in [-0.25, -0.2) is 4.79 Å². The van der Waals surface area contributed by atoms with Crippen molar-refractivity contribution >= 4 is 23.0 Å². The second-order valence-corrected chi connectivity index (χ2v) is 4.10. The largest absolute Gasteiger partial charge is 0.457 e. The van der Waals surface area contributed by atoms with Gasteiger partial charge in [-0.1, -0.05) is 6.58 Å². The predicted octanol–water partition coefficient (Wildman–Crippen LogP) is 2.03. The summed E-state index contributed by atoms with van der Waals surface area (Å²) in [5, 5.41) is 32.6. The van der Waals surface area contributed by atoms with Crippen molar-refractivity contribution in [3.63, 3.8) is 0 Å². The lowest BCUT2D eigenvalue weighted by molar-refractivity contribution is -0.425. The summed E-state index contributed by atoms with van der Waals surface area (Å²) < 4.78 is 4.66. The molecule has 11 heteroatoms. The molecule has 1 rings (SSSR count). The second kappa shape index (κ2) is 6.39. The number of non-ortho nitro benzene ring substituents is 1. The summed E-state index contributed by atoms with van der Waals surface area (Å²) >= 11 is 0. The van der Waals surface area contributed by atoms with Crippen LogP contribution in [0.25, 0.3) is 0 Å². The molecule has 0 heterocycles. The van der Waals surface area contributed by atoms with Gasteiger partial charge >= 0.3 is 17.3 Å². The van der Waals surface area contributed by atoms with Crippen LogP contribution >= 0.6 is 0 Å². The molecule has 0 fully saturated rings. The monoisotopic (exact) mass is 311 g/mol. The third-order valence-electron chi connectivity index (χ3n) is 2.45. The summed E-state index contributed by atoms with van der Waals surface area (Å²) in [6.07, 6.45) is 0. The van der Waals surface area contributed by atoms with E-state index in [1.54, 1.807) is 0 Å². The lowest BCUT2D eigenvalue weighted by Crippen LogP contribution is -2.08. The van der Waals surface area contributed by atoms with Crippen LogP contribution in [0.4, 0.5) is 17.1 Å². The maximum Gasteiger partial charge on any atom is 0.353 e. The summed E-state index contributed by atoms with van der Waals surface area (Å²) in [6, 6.07) is 1.22. The van der Waals surface area contributed by atoms with Crippen LogP contribution in [-0.2, 0) is 16.1 Å². The third kappa shape index (κ3) is 3.59. The van der Waals surface area contributed by atoms with E-state index in [0.29, 0.717) is 6.07 Å². The molecule has 0 N–H and O–H groups in total. The first-order valence-corrected chi connectivity index (χ1v) is 5.57. The molecule has 0 aliphatic carbocycles. The molecule has 0 aliphatic rings. The normalized spacial score (nSPS) is 9.86. The summed E-state index contributed by atoms with van der Waals surface area (Å²) in [5.41, 5.74) is -3.20. The van der Waals surface area contributed by atoms with Gasteiger partial charge in [-0.05, 0) is 6.92 Å². The van der Waals surface area contributed by atoms with Gasteiger partial charge < -0.3 is 4.74 Å². The molecular formula is C11H9N3O8. The molecule has 0 radical (unpaired) electrons. The molecule has 1 aromatic carbocycles. The fourth-order valence-corrected chi connectivity index (χ4v) is 1.49. The molecule has 0 aliphatic heterocycles. The van der Waals surface area contributed by atoms with Gasteiger partial charge in [0.1, 0.15) is 12.7 Å². The summed E-state index contributed by atoms with van der Waals surface area (Å²) in [5.74, 6) is -0.886. The molecule has 0 aromatic heterocycles. The quantitative estimate of drug-likeness (QED) is 0.334. The van der Waals surface area contributed by atoms with Crippen LogP contribution in [0.1, 0.15) is 12.5 Å². The molecule has 0 saturated heterocycles. The molecule has 0 spiro atoms. The minimum absolute atomic E-state index is 0.00239. The first kappa shape index (κ1) is 16.7. The van der Waals surface area contributed by atoms with Crippen molar-refractivity contribution in [1.82, 2.24) is 0 Å². The fraction of sp³-hybridized carbons (Fsp3) is 0.182. The first-order valence-electron chi connectivity index (χ1n) is 5.57. The predicted molar refractivity (Wildman–Crippen MR) is 71.0 cm³/mol. The van der Waals surface area contributed by atoms with E-state index >= 15 is 0 Å². The maximum atomic E-state index is 11.3. The minimum Gasteiger partial charge on any atom is -0.457 e. The zero-order valence-electron chi connectivity index (χ0n) is 11.2. The van der Waals surface area contributed by atoms with E-state index in [-0.39, 0.29) is 5.57 Å². The van der Waals surface area contributed by atoms with Crippen molar-refractivity contribution in [3.8, 4) is 0 Å². The molecule has 1 aromatic rings. The molecule has 116 valence electrons. The SMILES string of the molecule is C=C(C)C(=O)OCc1cc([N+](=O)[O-])cc([N+](=O)[O-])c1[N+](=O)[O-]. The van der Waals surface area contributed by atoms with Crippen LogP contribution in [0.5, 0.6) is 0 Å². The highest BCUT2D eigenvalue weighted by atomic mass is 16.6. The van der Waals surface area contributed by atoms with Crippen LogP contribution in [-0.4, -0.2) is 20.7 Å². The zero-order valence-corrected chi connectivity index (χ0v) is 11.2. The van der Waals surface area contributed by atoms with Crippen LogP contribution in [0.15, 0.2) is 24.3 Å². The fourth-order valence-electron chi connectivity index (χ4n) is 1.49. The van der Waals surface area contributed by atoms with Gasteiger partial charge in [-0.2, -0.15) is 0 Å². The number of rotatable bonds is 6. The van der Waals surface area contributed by atoms with Crippen molar-refractivity contribution in [2.45, 2.75) is 13.5 Å². The number of hydrogen-bond acceptors (Lipinski definition) is 8. The number of nitro benzene ring substituents is 3. The number of carbonyl (C=O) groups excluding carboxylic acids is 1. The number of hydrogen-bond donors (Lipinski definition) is 0. The topological polar surface area (TPSA) is 156 Å². The van der Waals surface area contributed by atoms with E-state index in [1.807, 2.05) is 0 Å². The molecule has 0 amide bonds. The Morgan fingerprint density at radius 1 is 1.14 bits per heavy atom. The van der Waals surface area contributed by atoms with E-state index < -0.39 is 50.0 Å². The Hall–Kier alpha value is -3.37. The van der Waals surface area contributed by atoms with Gasteiger partial charge in [0.25, 0.3) is 5.69 Å². The Bertz CT molecular complexity index is 697. The van der Waals surface area contributed by atoms with Gasteiger partial charge in [0, 0.05) is 11.6 Å². The highest BCUT2D eigenvalue weighted by molar-refractivity contribution is 5.87. The highest BCUT2D eigenvalue weighted by Crippen LogP contribution is 2.35. The van der Waals surface area contributed by atoms with E-state index in [9.17, 15) is 35.1 Å². The Morgan fingerprint density at radius 3 is 2.14 bits per heavy atom. The number of ether oxygens (including phenoxy) is 1. The third-order valence-corrected chi connectivity index (χ3v) is 2.45. The maximum absolute atomic E-state index is 11.3. The Morgan fingerprint density at radius 2 is 1.73 bits per heavy atom. The number of nitro groups is 3. The minimum atomic E-state index is -1.12. The summed E-state index contributed by atoms with van der Waals surface area (Å²) in [4.78, 5) is 40.7. The van der Waals surface area contributed by atoms with Crippen LogP contribution in [0.3, 0.4) is 0 Å². The average Bonchev–Trinajstić information content (AvgIpc) is 2.42. The molecule has 0 bridgehead atoms. The molecule has 0 unspecified atom stereocenters. The van der Waals surface area contributed by atoms with Gasteiger partial charge in [-0.3, -0.25) is 30.3 Å². The smallest absolute Gasteiger partial charge is 0.353 e. The number of esters is 1. The molecule has 0 saturated carbocycles. The van der Waals surface area contributed by atoms with E-state index in [0.717, 1.165) is 6.07 Å². The van der Waals surface area contributed by atoms with Crippen LogP contribution in [0, 0.1) is 30.3 Å². The van der Waals surface area contributed by atoms with Crippen LogP contribution < -0.4 is 0 Å². The van der Waals surface area contributed by atoms with E-state index in [4.69, 9.17) is 0 Å². The average molecular weight is 311 g/mol. The Balaban J connectivity index is 3.41. The van der Waals surface area contributed by atoms with Crippen LogP contribution in [0.2, 0.25) is 0 Å². The Labute approximate surface area is 122 Å². The van der Waals surface area contributed by atoms with Crippen molar-refractivity contribution in [1.29, 1.82) is 0 Å². The summed E-state index contributed by atoms with van der Waals surface area (Å²) in [7, 11) is 0. The van der Waals surface area contributed by atoms with E-state index in [2.05, 4.69) is 11.3 Å². The molecule has 11 nitrogen and oxygen atoms in total. The standard InChI is InChI=1S/C11H9N3O8/c1-6(2)11(15)22-5-7-3-8(12(16)17)4-9(13(18)19)10(7)14(20)21/h3-4H,1,5H2,2H3. The number of carbonyl (C=O) groups is 1. The van der Waals surface area contributed by atoms with Crippen molar-refractivity contribution in [2.75, 3.05) is 0 Å². The number of nitrogens with zero attached hydrogens (tertiary/aromatic N) is 3. The van der Waals surface area contributed by atoms with Gasteiger partial charge in [0.2, 0.25) is 0 Å². The van der Waals surface area contributed by atoms with Gasteiger partial charge in [-0.15, -0.1) is 0 Å². The van der Waals surface area contributed by atoms with Crippen molar-refractivity contribution in [3.05, 3.63) is 60.2 Å².